The number of anilines is 1. The molecule has 0 radical (unpaired) electrons. The van der Waals surface area contributed by atoms with Crippen LogP contribution in [0.5, 0.6) is 0 Å². The third kappa shape index (κ3) is 4.95. The second-order valence-corrected chi connectivity index (χ2v) is 8.08. The summed E-state index contributed by atoms with van der Waals surface area (Å²) in [4.78, 5) is 29.2. The van der Waals surface area contributed by atoms with Gasteiger partial charge in [-0.2, -0.15) is 10.2 Å². The molecule has 0 unspecified atom stereocenters. The van der Waals surface area contributed by atoms with Crippen molar-refractivity contribution in [3.8, 4) is 5.69 Å². The van der Waals surface area contributed by atoms with E-state index in [0.717, 1.165) is 28.3 Å². The van der Waals surface area contributed by atoms with Gasteiger partial charge in [-0.15, -0.1) is 0 Å². The summed E-state index contributed by atoms with van der Waals surface area (Å²) in [7, 11) is 0. The predicted molar refractivity (Wildman–Crippen MR) is 123 cm³/mol. The molecule has 0 aliphatic carbocycles. The minimum atomic E-state index is -0.501. The largest absolute Gasteiger partial charge is 0.456 e. The van der Waals surface area contributed by atoms with E-state index in [4.69, 9.17) is 4.74 Å². The van der Waals surface area contributed by atoms with E-state index in [1.165, 1.54) is 16.8 Å². The van der Waals surface area contributed by atoms with Crippen LogP contribution in [-0.4, -0.2) is 42.9 Å². The lowest BCUT2D eigenvalue weighted by Gasteiger charge is -2.11. The first kappa shape index (κ1) is 23.1. The molecule has 4 aromatic rings. The average Bonchev–Trinajstić information content (AvgIpc) is 3.34. The number of esters is 1. The van der Waals surface area contributed by atoms with Crippen LogP contribution >= 0.6 is 0 Å². The van der Waals surface area contributed by atoms with Crippen molar-refractivity contribution < 1.29 is 18.7 Å². The third-order valence-corrected chi connectivity index (χ3v) is 5.40. The minimum absolute atomic E-state index is 0.106. The maximum absolute atomic E-state index is 13.2. The number of aryl methyl sites for hydroxylation is 4. The number of rotatable bonds is 7. The van der Waals surface area contributed by atoms with E-state index in [9.17, 15) is 14.0 Å². The SMILES string of the molecule is Cc1cc(NC(=O)COC(=O)CCc2c(C)nc3cc(C)nn3c2C)n(-c2ccc(F)cc2)n1. The molecular formula is C24H25FN6O3. The highest BCUT2D eigenvalue weighted by atomic mass is 19.1. The second-order valence-electron chi connectivity index (χ2n) is 8.08. The molecule has 0 saturated carbocycles. The fraction of sp³-hybridized carbons (Fsp3) is 0.292. The summed E-state index contributed by atoms with van der Waals surface area (Å²) < 4.78 is 21.6. The van der Waals surface area contributed by atoms with E-state index in [-0.39, 0.29) is 12.2 Å². The number of benzene rings is 1. The molecule has 0 aliphatic heterocycles. The van der Waals surface area contributed by atoms with Crippen LogP contribution in [0.4, 0.5) is 10.2 Å². The summed E-state index contributed by atoms with van der Waals surface area (Å²) in [6, 6.07) is 9.30. The van der Waals surface area contributed by atoms with Crippen molar-refractivity contribution in [1.29, 1.82) is 0 Å². The molecule has 1 amide bonds. The van der Waals surface area contributed by atoms with Crippen LogP contribution in [0.15, 0.2) is 36.4 Å². The standard InChI is InChI=1S/C24H25FN6O3/c1-14-11-21-26-16(3)20(17(4)30(21)28-14)9-10-24(33)34-13-23(32)27-22-12-15(2)29-31(22)19-7-5-18(25)6-8-19/h5-8,11-12H,9-10,13H2,1-4H3,(H,27,32). The molecule has 9 nitrogen and oxygen atoms in total. The molecule has 0 bridgehead atoms. The van der Waals surface area contributed by atoms with Gasteiger partial charge in [0.2, 0.25) is 0 Å². The molecule has 3 heterocycles. The Morgan fingerprint density at radius 2 is 1.74 bits per heavy atom. The van der Waals surface area contributed by atoms with Gasteiger partial charge in [-0.1, -0.05) is 0 Å². The number of hydrogen-bond donors (Lipinski definition) is 1. The third-order valence-electron chi connectivity index (χ3n) is 5.40. The van der Waals surface area contributed by atoms with Crippen LogP contribution in [0.1, 0.15) is 34.8 Å². The first-order chi connectivity index (χ1) is 16.2. The maximum atomic E-state index is 13.2. The quantitative estimate of drug-likeness (QED) is 0.421. The highest BCUT2D eigenvalue weighted by Gasteiger charge is 2.16. The number of carbonyl (C=O) groups excluding carboxylic acids is 2. The van der Waals surface area contributed by atoms with E-state index in [1.54, 1.807) is 29.6 Å². The Morgan fingerprint density at radius 1 is 1.03 bits per heavy atom. The summed E-state index contributed by atoms with van der Waals surface area (Å²) in [5.41, 5.74) is 5.58. The zero-order chi connectivity index (χ0) is 24.4. The second kappa shape index (κ2) is 9.42. The fourth-order valence-corrected chi connectivity index (χ4v) is 3.79. The fourth-order valence-electron chi connectivity index (χ4n) is 3.79. The number of hydrogen-bond acceptors (Lipinski definition) is 6. The topological polar surface area (TPSA) is 103 Å². The summed E-state index contributed by atoms with van der Waals surface area (Å²) in [6.07, 6.45) is 0.533. The van der Waals surface area contributed by atoms with E-state index in [0.29, 0.717) is 23.6 Å². The predicted octanol–water partition coefficient (Wildman–Crippen LogP) is 3.40. The van der Waals surface area contributed by atoms with E-state index < -0.39 is 18.5 Å². The summed E-state index contributed by atoms with van der Waals surface area (Å²) in [6.45, 7) is 7.08. The Morgan fingerprint density at radius 3 is 2.47 bits per heavy atom. The number of halogens is 1. The van der Waals surface area contributed by atoms with E-state index >= 15 is 0 Å². The maximum Gasteiger partial charge on any atom is 0.306 e. The van der Waals surface area contributed by atoms with Gasteiger partial charge in [-0.05, 0) is 63.9 Å². The van der Waals surface area contributed by atoms with Gasteiger partial charge in [0.05, 0.1) is 17.1 Å². The van der Waals surface area contributed by atoms with Gasteiger partial charge in [0.25, 0.3) is 5.91 Å². The molecule has 0 aliphatic rings. The molecular weight excluding hydrogens is 439 g/mol. The molecule has 4 rings (SSSR count). The van der Waals surface area contributed by atoms with Crippen LogP contribution < -0.4 is 5.32 Å². The number of fused-ring (bicyclic) bond motifs is 1. The van der Waals surface area contributed by atoms with E-state index in [2.05, 4.69) is 20.5 Å². The zero-order valence-corrected chi connectivity index (χ0v) is 19.4. The summed E-state index contributed by atoms with van der Waals surface area (Å²) >= 11 is 0. The van der Waals surface area contributed by atoms with Crippen molar-refractivity contribution in [1.82, 2.24) is 24.4 Å². The van der Waals surface area contributed by atoms with Crippen molar-refractivity contribution in [3.63, 3.8) is 0 Å². The summed E-state index contributed by atoms with van der Waals surface area (Å²) in [5.74, 6) is -0.968. The van der Waals surface area contributed by atoms with Crippen molar-refractivity contribution >= 4 is 23.3 Å². The number of aromatic nitrogens is 5. The Hall–Kier alpha value is -4.08. The van der Waals surface area contributed by atoms with Crippen LogP contribution in [0, 0.1) is 33.5 Å². The number of carbonyl (C=O) groups is 2. The Bertz CT molecular complexity index is 1370. The lowest BCUT2D eigenvalue weighted by Crippen LogP contribution is -2.22. The molecule has 1 aromatic carbocycles. The van der Waals surface area contributed by atoms with E-state index in [1.807, 2.05) is 26.8 Å². The van der Waals surface area contributed by atoms with Gasteiger partial charge >= 0.3 is 5.97 Å². The van der Waals surface area contributed by atoms with Crippen LogP contribution in [0.2, 0.25) is 0 Å². The molecule has 0 fully saturated rings. The first-order valence-electron chi connectivity index (χ1n) is 10.8. The van der Waals surface area contributed by atoms with Crippen LogP contribution in [-0.2, 0) is 20.7 Å². The molecule has 3 aromatic heterocycles. The Balaban J connectivity index is 1.34. The van der Waals surface area contributed by atoms with Gasteiger partial charge in [0.1, 0.15) is 11.6 Å². The van der Waals surface area contributed by atoms with Crippen molar-refractivity contribution in [3.05, 3.63) is 70.6 Å². The highest BCUT2D eigenvalue weighted by Crippen LogP contribution is 2.19. The van der Waals surface area contributed by atoms with Crippen molar-refractivity contribution in [2.24, 2.45) is 0 Å². The first-order valence-corrected chi connectivity index (χ1v) is 10.8. The molecule has 10 heteroatoms. The minimum Gasteiger partial charge on any atom is -0.456 e. The highest BCUT2D eigenvalue weighted by molar-refractivity contribution is 5.92. The lowest BCUT2D eigenvalue weighted by molar-refractivity contribution is -0.147. The Kier molecular flexibility index (Phi) is 6.40. The van der Waals surface area contributed by atoms with Gasteiger partial charge in [-0.25, -0.2) is 18.6 Å². The normalized spacial score (nSPS) is 11.1. The zero-order valence-electron chi connectivity index (χ0n) is 19.4. The molecule has 176 valence electrons. The lowest BCUT2D eigenvalue weighted by atomic mass is 10.1. The molecule has 0 saturated heterocycles. The molecule has 34 heavy (non-hydrogen) atoms. The van der Waals surface area contributed by atoms with Crippen molar-refractivity contribution in [2.75, 3.05) is 11.9 Å². The van der Waals surface area contributed by atoms with Gasteiger partial charge in [-0.3, -0.25) is 9.59 Å². The van der Waals surface area contributed by atoms with Crippen molar-refractivity contribution in [2.45, 2.75) is 40.5 Å². The average molecular weight is 465 g/mol. The van der Waals surface area contributed by atoms with Gasteiger partial charge < -0.3 is 10.1 Å². The number of amides is 1. The van der Waals surface area contributed by atoms with Crippen LogP contribution in [0.25, 0.3) is 11.3 Å². The number of ether oxygens (including phenoxy) is 1. The van der Waals surface area contributed by atoms with Gasteiger partial charge in [0, 0.05) is 29.9 Å². The van der Waals surface area contributed by atoms with Gasteiger partial charge in [0.15, 0.2) is 12.3 Å². The number of nitrogens with one attached hydrogen (secondary N) is 1. The molecule has 1 N–H and O–H groups in total. The van der Waals surface area contributed by atoms with Crippen LogP contribution in [0.3, 0.4) is 0 Å². The smallest absolute Gasteiger partial charge is 0.306 e. The molecule has 0 atom stereocenters. The monoisotopic (exact) mass is 464 g/mol. The molecule has 0 spiro atoms. The number of nitrogens with zero attached hydrogens (tertiary/aromatic N) is 5. The Labute approximate surface area is 195 Å². The summed E-state index contributed by atoms with van der Waals surface area (Å²) in [5, 5.41) is 11.4.